The average Bonchev–Trinajstić information content (AvgIpc) is 2.34. The molecule has 1 heterocycles. The lowest BCUT2D eigenvalue weighted by atomic mass is 10.1. The molecule has 0 atom stereocenters. The number of carbonyl (C=O) groups is 1. The van der Waals surface area contributed by atoms with Gasteiger partial charge in [0.1, 0.15) is 0 Å². The fourth-order valence-electron chi connectivity index (χ4n) is 1.90. The molecule has 0 saturated carbocycles. The summed E-state index contributed by atoms with van der Waals surface area (Å²) >= 11 is 0. The number of aromatic nitrogens is 1. The standard InChI is InChI=1S/C14H23N3O/c1-6-17(9-10(2)3)14(18)12-8-16-11(4)7-13(12)15-5/h7-8,10H,6,9H2,1-5H3,(H,15,16). The van der Waals surface area contributed by atoms with E-state index in [4.69, 9.17) is 0 Å². The molecule has 0 bridgehead atoms. The minimum atomic E-state index is 0.0445. The van der Waals surface area contributed by atoms with Gasteiger partial charge in [-0.3, -0.25) is 9.78 Å². The van der Waals surface area contributed by atoms with Gasteiger partial charge in [0, 0.05) is 32.0 Å². The molecule has 1 N–H and O–H groups in total. The molecule has 1 amide bonds. The van der Waals surface area contributed by atoms with E-state index in [9.17, 15) is 4.79 Å². The van der Waals surface area contributed by atoms with Crippen LogP contribution >= 0.6 is 0 Å². The molecule has 0 aliphatic heterocycles. The molecule has 0 aliphatic carbocycles. The molecule has 1 aromatic heterocycles. The zero-order chi connectivity index (χ0) is 13.7. The van der Waals surface area contributed by atoms with E-state index in [-0.39, 0.29) is 5.91 Å². The molecule has 0 aromatic carbocycles. The van der Waals surface area contributed by atoms with Crippen molar-refractivity contribution in [1.29, 1.82) is 0 Å². The number of nitrogens with one attached hydrogen (secondary N) is 1. The van der Waals surface area contributed by atoms with E-state index in [1.54, 1.807) is 6.20 Å². The third-order valence-electron chi connectivity index (χ3n) is 2.79. The van der Waals surface area contributed by atoms with Crippen molar-refractivity contribution in [2.75, 3.05) is 25.5 Å². The number of amides is 1. The lowest BCUT2D eigenvalue weighted by Crippen LogP contribution is -2.34. The molecule has 18 heavy (non-hydrogen) atoms. The van der Waals surface area contributed by atoms with Crippen molar-refractivity contribution in [3.63, 3.8) is 0 Å². The average molecular weight is 249 g/mol. The summed E-state index contributed by atoms with van der Waals surface area (Å²) in [5, 5.41) is 3.06. The molecule has 100 valence electrons. The summed E-state index contributed by atoms with van der Waals surface area (Å²) in [5.41, 5.74) is 2.39. The zero-order valence-electron chi connectivity index (χ0n) is 11.9. The van der Waals surface area contributed by atoms with Crippen molar-refractivity contribution in [3.8, 4) is 0 Å². The van der Waals surface area contributed by atoms with Gasteiger partial charge in [-0.15, -0.1) is 0 Å². The summed E-state index contributed by atoms with van der Waals surface area (Å²) in [4.78, 5) is 18.5. The van der Waals surface area contributed by atoms with Gasteiger partial charge < -0.3 is 10.2 Å². The first-order chi connectivity index (χ1) is 8.49. The number of carbonyl (C=O) groups excluding carboxylic acids is 1. The quantitative estimate of drug-likeness (QED) is 0.872. The number of pyridine rings is 1. The highest BCUT2D eigenvalue weighted by Crippen LogP contribution is 2.17. The van der Waals surface area contributed by atoms with Crippen molar-refractivity contribution < 1.29 is 4.79 Å². The highest BCUT2D eigenvalue weighted by Gasteiger charge is 2.18. The largest absolute Gasteiger partial charge is 0.387 e. The van der Waals surface area contributed by atoms with E-state index in [0.29, 0.717) is 18.0 Å². The van der Waals surface area contributed by atoms with Crippen LogP contribution in [0.4, 0.5) is 5.69 Å². The second kappa shape index (κ2) is 6.38. The first-order valence-corrected chi connectivity index (χ1v) is 6.43. The van der Waals surface area contributed by atoms with Crippen molar-refractivity contribution in [2.24, 2.45) is 5.92 Å². The van der Waals surface area contributed by atoms with Crippen LogP contribution in [0.15, 0.2) is 12.3 Å². The van der Waals surface area contributed by atoms with Crippen LogP contribution in [0.25, 0.3) is 0 Å². The van der Waals surface area contributed by atoms with Crippen LogP contribution in [-0.4, -0.2) is 35.9 Å². The van der Waals surface area contributed by atoms with Crippen LogP contribution in [0, 0.1) is 12.8 Å². The minimum absolute atomic E-state index is 0.0445. The zero-order valence-corrected chi connectivity index (χ0v) is 11.9. The smallest absolute Gasteiger partial charge is 0.257 e. The Kier molecular flexibility index (Phi) is 5.13. The molecule has 4 nitrogen and oxygen atoms in total. The molecule has 0 aliphatic rings. The fraction of sp³-hybridized carbons (Fsp3) is 0.571. The Bertz CT molecular complexity index is 416. The van der Waals surface area contributed by atoms with Gasteiger partial charge in [0.05, 0.1) is 11.3 Å². The first kappa shape index (κ1) is 14.5. The second-order valence-electron chi connectivity index (χ2n) is 4.86. The molecule has 1 rings (SSSR count). The molecule has 0 spiro atoms. The summed E-state index contributed by atoms with van der Waals surface area (Å²) in [5.74, 6) is 0.508. The molecular formula is C14H23N3O. The van der Waals surface area contributed by atoms with Gasteiger partial charge in [-0.2, -0.15) is 0 Å². The normalized spacial score (nSPS) is 10.6. The highest BCUT2D eigenvalue weighted by atomic mass is 16.2. The lowest BCUT2D eigenvalue weighted by Gasteiger charge is -2.24. The van der Waals surface area contributed by atoms with Crippen molar-refractivity contribution in [3.05, 3.63) is 23.5 Å². The maximum atomic E-state index is 12.4. The van der Waals surface area contributed by atoms with Crippen LogP contribution in [-0.2, 0) is 0 Å². The van der Waals surface area contributed by atoms with Gasteiger partial charge in [0.2, 0.25) is 0 Å². The molecule has 0 fully saturated rings. The fourth-order valence-corrected chi connectivity index (χ4v) is 1.90. The van der Waals surface area contributed by atoms with Gasteiger partial charge in [0.15, 0.2) is 0 Å². The second-order valence-corrected chi connectivity index (χ2v) is 4.86. The molecule has 0 saturated heterocycles. The van der Waals surface area contributed by atoms with Crippen LogP contribution in [0.5, 0.6) is 0 Å². The van der Waals surface area contributed by atoms with E-state index >= 15 is 0 Å². The summed E-state index contributed by atoms with van der Waals surface area (Å²) in [6.07, 6.45) is 1.66. The van der Waals surface area contributed by atoms with Gasteiger partial charge in [-0.05, 0) is 25.8 Å². The number of rotatable bonds is 5. The summed E-state index contributed by atoms with van der Waals surface area (Å²) in [7, 11) is 1.82. The summed E-state index contributed by atoms with van der Waals surface area (Å²) in [6, 6.07) is 1.90. The monoisotopic (exact) mass is 249 g/mol. The van der Waals surface area contributed by atoms with Crippen molar-refractivity contribution in [2.45, 2.75) is 27.7 Å². The molecule has 4 heteroatoms. The van der Waals surface area contributed by atoms with Gasteiger partial charge in [-0.1, -0.05) is 13.8 Å². The Hall–Kier alpha value is -1.58. The minimum Gasteiger partial charge on any atom is -0.387 e. The Morgan fingerprint density at radius 2 is 2.17 bits per heavy atom. The van der Waals surface area contributed by atoms with E-state index in [2.05, 4.69) is 24.1 Å². The van der Waals surface area contributed by atoms with E-state index in [0.717, 1.165) is 17.9 Å². The molecular weight excluding hydrogens is 226 g/mol. The predicted molar refractivity (Wildman–Crippen MR) is 74.9 cm³/mol. The maximum Gasteiger partial charge on any atom is 0.257 e. The third kappa shape index (κ3) is 3.45. The van der Waals surface area contributed by atoms with E-state index in [1.807, 2.05) is 31.9 Å². The topological polar surface area (TPSA) is 45.2 Å². The lowest BCUT2D eigenvalue weighted by molar-refractivity contribution is 0.0746. The number of aryl methyl sites for hydroxylation is 1. The summed E-state index contributed by atoms with van der Waals surface area (Å²) < 4.78 is 0. The number of anilines is 1. The molecule has 0 radical (unpaired) electrons. The Morgan fingerprint density at radius 1 is 1.50 bits per heavy atom. The number of nitrogens with zero attached hydrogens (tertiary/aromatic N) is 2. The Morgan fingerprint density at radius 3 is 2.67 bits per heavy atom. The first-order valence-electron chi connectivity index (χ1n) is 6.43. The maximum absolute atomic E-state index is 12.4. The Balaban J connectivity index is 3.01. The van der Waals surface area contributed by atoms with Gasteiger partial charge in [0.25, 0.3) is 5.91 Å². The van der Waals surface area contributed by atoms with Crippen LogP contribution in [0.3, 0.4) is 0 Å². The molecule has 1 aromatic rings. The van der Waals surface area contributed by atoms with E-state index < -0.39 is 0 Å². The van der Waals surface area contributed by atoms with Crippen LogP contribution in [0.1, 0.15) is 36.8 Å². The number of hydrogen-bond acceptors (Lipinski definition) is 3. The van der Waals surface area contributed by atoms with Crippen LogP contribution in [0.2, 0.25) is 0 Å². The SMILES string of the molecule is CCN(CC(C)C)C(=O)c1cnc(C)cc1NC. The van der Waals surface area contributed by atoms with Crippen molar-refractivity contribution >= 4 is 11.6 Å². The Labute approximate surface area is 109 Å². The highest BCUT2D eigenvalue weighted by molar-refractivity contribution is 5.99. The van der Waals surface area contributed by atoms with E-state index in [1.165, 1.54) is 0 Å². The van der Waals surface area contributed by atoms with Gasteiger partial charge >= 0.3 is 0 Å². The van der Waals surface area contributed by atoms with Crippen LogP contribution < -0.4 is 5.32 Å². The summed E-state index contributed by atoms with van der Waals surface area (Å²) in [6.45, 7) is 9.63. The predicted octanol–water partition coefficient (Wildman–Crippen LogP) is 2.55. The third-order valence-corrected chi connectivity index (χ3v) is 2.79. The van der Waals surface area contributed by atoms with Gasteiger partial charge in [-0.25, -0.2) is 0 Å². The number of hydrogen-bond donors (Lipinski definition) is 1. The molecule has 0 unspecified atom stereocenters. The van der Waals surface area contributed by atoms with Crippen molar-refractivity contribution in [1.82, 2.24) is 9.88 Å².